The average molecular weight is 469 g/mol. The molecule has 3 rings (SSSR count). The number of carboxylic acid groups (broad SMARTS) is 1. The molecule has 0 fully saturated rings. The minimum Gasteiger partial charge on any atom is -0.481 e. The number of para-hydroxylation sites is 1. The van der Waals surface area contributed by atoms with Crippen LogP contribution in [0.1, 0.15) is 23.7 Å². The molecule has 0 saturated carbocycles. The Labute approximate surface area is 195 Å². The molecule has 32 heavy (non-hydrogen) atoms. The van der Waals surface area contributed by atoms with E-state index in [-0.39, 0.29) is 24.7 Å². The summed E-state index contributed by atoms with van der Waals surface area (Å²) in [6.45, 7) is 0. The van der Waals surface area contributed by atoms with Gasteiger partial charge in [-0.05, 0) is 35.9 Å². The Bertz CT molecular complexity index is 1110. The summed E-state index contributed by atoms with van der Waals surface area (Å²) in [5.74, 6) is -1.64. The van der Waals surface area contributed by atoms with Crippen LogP contribution in [0.2, 0.25) is 5.02 Å². The molecule has 164 valence electrons. The SMILES string of the molecule is O=C(O)CCC(=O)Nc1cccc(SC(C(=O)Nc2ccccc2Cl)c2ccccc2)c1. The van der Waals surface area contributed by atoms with Crippen molar-refractivity contribution in [3.05, 3.63) is 89.4 Å². The third kappa shape index (κ3) is 6.87. The van der Waals surface area contributed by atoms with Gasteiger partial charge in [0.25, 0.3) is 0 Å². The number of hydrogen-bond acceptors (Lipinski definition) is 4. The van der Waals surface area contributed by atoms with Crippen molar-refractivity contribution in [2.45, 2.75) is 23.0 Å². The molecule has 8 heteroatoms. The van der Waals surface area contributed by atoms with Crippen LogP contribution >= 0.6 is 23.4 Å². The number of amides is 2. The second-order valence-electron chi connectivity index (χ2n) is 6.85. The van der Waals surface area contributed by atoms with Crippen molar-refractivity contribution in [1.82, 2.24) is 0 Å². The van der Waals surface area contributed by atoms with Crippen LogP contribution in [0, 0.1) is 0 Å². The zero-order valence-electron chi connectivity index (χ0n) is 17.0. The standard InChI is InChI=1S/C24H21ClN2O4S/c25-19-11-4-5-12-20(19)27-24(31)23(16-7-2-1-3-8-16)32-18-10-6-9-17(15-18)26-21(28)13-14-22(29)30/h1-12,15,23H,13-14H2,(H,26,28)(H,27,31)(H,29,30). The van der Waals surface area contributed by atoms with Gasteiger partial charge in [-0.25, -0.2) is 0 Å². The van der Waals surface area contributed by atoms with Crippen molar-refractivity contribution in [2.75, 3.05) is 10.6 Å². The summed E-state index contributed by atoms with van der Waals surface area (Å²) in [7, 11) is 0. The molecule has 0 aliphatic carbocycles. The lowest BCUT2D eigenvalue weighted by molar-refractivity contribution is -0.138. The van der Waals surface area contributed by atoms with Crippen molar-refractivity contribution in [1.29, 1.82) is 0 Å². The highest BCUT2D eigenvalue weighted by atomic mass is 35.5. The van der Waals surface area contributed by atoms with E-state index in [1.54, 1.807) is 42.5 Å². The smallest absolute Gasteiger partial charge is 0.303 e. The van der Waals surface area contributed by atoms with Crippen LogP contribution in [0.3, 0.4) is 0 Å². The molecular formula is C24H21ClN2O4S. The number of benzene rings is 3. The van der Waals surface area contributed by atoms with E-state index in [1.807, 2.05) is 36.4 Å². The Morgan fingerprint density at radius 3 is 2.31 bits per heavy atom. The predicted octanol–water partition coefficient (Wildman–Crippen LogP) is 5.62. The molecule has 0 radical (unpaired) electrons. The van der Waals surface area contributed by atoms with Gasteiger partial charge < -0.3 is 15.7 Å². The number of anilines is 2. The molecular weight excluding hydrogens is 448 g/mol. The van der Waals surface area contributed by atoms with Gasteiger partial charge in [0, 0.05) is 17.0 Å². The number of aliphatic carboxylic acids is 1. The number of carbonyl (C=O) groups excluding carboxylic acids is 2. The van der Waals surface area contributed by atoms with E-state index in [0.717, 1.165) is 10.5 Å². The molecule has 0 bridgehead atoms. The van der Waals surface area contributed by atoms with E-state index in [1.165, 1.54) is 11.8 Å². The maximum Gasteiger partial charge on any atom is 0.303 e. The Balaban J connectivity index is 1.78. The van der Waals surface area contributed by atoms with Crippen molar-refractivity contribution in [3.8, 4) is 0 Å². The van der Waals surface area contributed by atoms with E-state index < -0.39 is 11.2 Å². The van der Waals surface area contributed by atoms with E-state index in [9.17, 15) is 14.4 Å². The summed E-state index contributed by atoms with van der Waals surface area (Å²) in [6, 6.07) is 23.5. The fourth-order valence-electron chi connectivity index (χ4n) is 2.89. The van der Waals surface area contributed by atoms with Gasteiger partial charge in [-0.2, -0.15) is 0 Å². The predicted molar refractivity (Wildman–Crippen MR) is 127 cm³/mol. The van der Waals surface area contributed by atoms with Gasteiger partial charge in [0.1, 0.15) is 5.25 Å². The molecule has 6 nitrogen and oxygen atoms in total. The summed E-state index contributed by atoms with van der Waals surface area (Å²) >= 11 is 7.53. The zero-order valence-corrected chi connectivity index (χ0v) is 18.5. The van der Waals surface area contributed by atoms with Crippen LogP contribution in [0.25, 0.3) is 0 Å². The Morgan fingerprint density at radius 1 is 0.875 bits per heavy atom. The quantitative estimate of drug-likeness (QED) is 0.354. The van der Waals surface area contributed by atoms with Gasteiger partial charge in [0.2, 0.25) is 11.8 Å². The molecule has 0 spiro atoms. The van der Waals surface area contributed by atoms with Crippen molar-refractivity contribution >= 4 is 52.5 Å². The first-order chi connectivity index (χ1) is 15.4. The van der Waals surface area contributed by atoms with E-state index in [0.29, 0.717) is 16.4 Å². The summed E-state index contributed by atoms with van der Waals surface area (Å²) in [5.41, 5.74) is 1.88. The molecule has 3 N–H and O–H groups in total. The van der Waals surface area contributed by atoms with Gasteiger partial charge >= 0.3 is 5.97 Å². The molecule has 3 aromatic carbocycles. The van der Waals surface area contributed by atoms with Crippen molar-refractivity contribution < 1.29 is 19.5 Å². The normalized spacial score (nSPS) is 11.4. The van der Waals surface area contributed by atoms with E-state index in [4.69, 9.17) is 16.7 Å². The van der Waals surface area contributed by atoms with Gasteiger partial charge in [0.05, 0.1) is 17.1 Å². The number of carboxylic acids is 1. The highest BCUT2D eigenvalue weighted by molar-refractivity contribution is 8.00. The van der Waals surface area contributed by atoms with Crippen LogP contribution in [0.4, 0.5) is 11.4 Å². The number of halogens is 1. The molecule has 1 unspecified atom stereocenters. The lowest BCUT2D eigenvalue weighted by Gasteiger charge is -2.18. The summed E-state index contributed by atoms with van der Waals surface area (Å²) < 4.78 is 0. The number of nitrogens with one attached hydrogen (secondary N) is 2. The molecule has 2 amide bonds. The third-order valence-electron chi connectivity index (χ3n) is 4.41. The molecule has 1 atom stereocenters. The Morgan fingerprint density at radius 2 is 1.59 bits per heavy atom. The second kappa shape index (κ2) is 11.4. The summed E-state index contributed by atoms with van der Waals surface area (Å²) in [5, 5.41) is 14.2. The lowest BCUT2D eigenvalue weighted by Crippen LogP contribution is -2.19. The first-order valence-corrected chi connectivity index (χ1v) is 11.1. The molecule has 0 aromatic heterocycles. The van der Waals surface area contributed by atoms with Crippen LogP contribution in [0.15, 0.2) is 83.8 Å². The number of rotatable bonds is 9. The third-order valence-corrected chi connectivity index (χ3v) is 5.99. The minimum atomic E-state index is -1.03. The minimum absolute atomic E-state index is 0.112. The van der Waals surface area contributed by atoms with E-state index in [2.05, 4.69) is 10.6 Å². The molecule has 0 aliphatic rings. The highest BCUT2D eigenvalue weighted by Gasteiger charge is 2.23. The average Bonchev–Trinajstić information content (AvgIpc) is 2.78. The first kappa shape index (κ1) is 23.4. The first-order valence-electron chi connectivity index (χ1n) is 9.81. The Kier molecular flexibility index (Phi) is 8.30. The molecule has 0 aliphatic heterocycles. The topological polar surface area (TPSA) is 95.5 Å². The molecule has 3 aromatic rings. The van der Waals surface area contributed by atoms with Gasteiger partial charge in [-0.15, -0.1) is 11.8 Å². The second-order valence-corrected chi connectivity index (χ2v) is 8.43. The van der Waals surface area contributed by atoms with Crippen LogP contribution < -0.4 is 10.6 Å². The van der Waals surface area contributed by atoms with Crippen molar-refractivity contribution in [3.63, 3.8) is 0 Å². The fraction of sp³-hybridized carbons (Fsp3) is 0.125. The monoisotopic (exact) mass is 468 g/mol. The highest BCUT2D eigenvalue weighted by Crippen LogP contribution is 2.37. The van der Waals surface area contributed by atoms with Gasteiger partial charge in [-0.3, -0.25) is 14.4 Å². The van der Waals surface area contributed by atoms with E-state index >= 15 is 0 Å². The van der Waals surface area contributed by atoms with Crippen LogP contribution in [0.5, 0.6) is 0 Å². The lowest BCUT2D eigenvalue weighted by atomic mass is 10.1. The summed E-state index contributed by atoms with van der Waals surface area (Å²) in [4.78, 5) is 36.5. The number of hydrogen-bond donors (Lipinski definition) is 3. The fourth-order valence-corrected chi connectivity index (χ4v) is 4.16. The largest absolute Gasteiger partial charge is 0.481 e. The van der Waals surface area contributed by atoms with Crippen LogP contribution in [-0.2, 0) is 14.4 Å². The molecule has 0 heterocycles. The number of thioether (sulfide) groups is 1. The summed E-state index contributed by atoms with van der Waals surface area (Å²) in [6.07, 6.45) is -0.349. The maximum absolute atomic E-state index is 13.2. The molecule has 0 saturated heterocycles. The van der Waals surface area contributed by atoms with Gasteiger partial charge in [0.15, 0.2) is 0 Å². The van der Waals surface area contributed by atoms with Gasteiger partial charge in [-0.1, -0.05) is 60.1 Å². The number of carbonyl (C=O) groups is 3. The Hall–Kier alpha value is -3.29. The maximum atomic E-state index is 13.2. The van der Waals surface area contributed by atoms with Crippen molar-refractivity contribution in [2.24, 2.45) is 0 Å². The van der Waals surface area contributed by atoms with Crippen LogP contribution in [-0.4, -0.2) is 22.9 Å². The zero-order chi connectivity index (χ0) is 22.9.